The lowest BCUT2D eigenvalue weighted by Gasteiger charge is -2.09. The third kappa shape index (κ3) is 2.45. The summed E-state index contributed by atoms with van der Waals surface area (Å²) < 4.78 is 3.52. The fourth-order valence-corrected chi connectivity index (χ4v) is 2.67. The van der Waals surface area contributed by atoms with Crippen molar-refractivity contribution in [3.8, 4) is 5.82 Å². The van der Waals surface area contributed by atoms with Crippen LogP contribution in [0.1, 0.15) is 28.4 Å². The summed E-state index contributed by atoms with van der Waals surface area (Å²) >= 11 is 0. The second kappa shape index (κ2) is 5.59. The van der Waals surface area contributed by atoms with Crippen molar-refractivity contribution in [3.63, 3.8) is 0 Å². The zero-order valence-corrected chi connectivity index (χ0v) is 12.3. The third-order valence-corrected chi connectivity index (χ3v) is 3.76. The van der Waals surface area contributed by atoms with Crippen LogP contribution in [0.3, 0.4) is 0 Å². The molecule has 9 heteroatoms. The van der Waals surface area contributed by atoms with Crippen LogP contribution < -0.4 is 5.32 Å². The van der Waals surface area contributed by atoms with E-state index in [2.05, 4.69) is 35.1 Å². The van der Waals surface area contributed by atoms with Crippen molar-refractivity contribution >= 4 is 5.91 Å². The van der Waals surface area contributed by atoms with Crippen LogP contribution in [0.4, 0.5) is 0 Å². The van der Waals surface area contributed by atoms with E-state index in [1.54, 1.807) is 18.3 Å². The van der Waals surface area contributed by atoms with E-state index in [0.717, 1.165) is 31.0 Å². The highest BCUT2D eigenvalue weighted by molar-refractivity contribution is 5.96. The molecule has 0 saturated heterocycles. The lowest BCUT2D eigenvalue weighted by atomic mass is 10.2. The summed E-state index contributed by atoms with van der Waals surface area (Å²) in [5, 5.41) is 15.2. The first kappa shape index (κ1) is 13.6. The molecule has 0 aliphatic carbocycles. The fourth-order valence-electron chi connectivity index (χ4n) is 2.67. The quantitative estimate of drug-likeness (QED) is 0.734. The van der Waals surface area contributed by atoms with Gasteiger partial charge < -0.3 is 9.88 Å². The van der Waals surface area contributed by atoms with Crippen LogP contribution in [-0.4, -0.2) is 40.4 Å². The number of carbonyl (C=O) groups excluding carboxylic acids is 1. The molecule has 0 bridgehead atoms. The molecule has 4 heterocycles. The van der Waals surface area contributed by atoms with E-state index in [4.69, 9.17) is 0 Å². The molecular weight excluding hydrogens is 296 g/mol. The fraction of sp³-hybridized carbons (Fsp3) is 0.286. The van der Waals surface area contributed by atoms with Crippen molar-refractivity contribution in [1.29, 1.82) is 0 Å². The Labute approximate surface area is 131 Å². The summed E-state index contributed by atoms with van der Waals surface area (Å²) in [6.45, 7) is 1.24. The number of hydrogen-bond acceptors (Lipinski definition) is 6. The average molecular weight is 310 g/mol. The summed E-state index contributed by atoms with van der Waals surface area (Å²) in [6, 6.07) is 3.41. The minimum atomic E-state index is -0.237. The Morgan fingerprint density at radius 3 is 3.17 bits per heavy atom. The highest BCUT2D eigenvalue weighted by Gasteiger charge is 2.19. The van der Waals surface area contributed by atoms with Crippen LogP contribution in [0.2, 0.25) is 0 Å². The molecule has 1 amide bonds. The van der Waals surface area contributed by atoms with Crippen LogP contribution in [0, 0.1) is 0 Å². The first-order valence-corrected chi connectivity index (χ1v) is 7.32. The third-order valence-electron chi connectivity index (χ3n) is 3.76. The van der Waals surface area contributed by atoms with Crippen molar-refractivity contribution in [3.05, 3.63) is 48.2 Å². The van der Waals surface area contributed by atoms with Crippen molar-refractivity contribution < 1.29 is 4.79 Å². The number of rotatable bonds is 4. The Morgan fingerprint density at radius 1 is 1.35 bits per heavy atom. The molecule has 9 nitrogen and oxygen atoms in total. The summed E-state index contributed by atoms with van der Waals surface area (Å²) in [5.41, 5.74) is 0.430. The number of pyridine rings is 1. The molecule has 116 valence electrons. The topological polar surface area (TPSA) is 103 Å². The number of amides is 1. The Kier molecular flexibility index (Phi) is 3.30. The number of aryl methyl sites for hydroxylation is 1. The number of fused-ring (bicyclic) bond motifs is 1. The second-order valence-corrected chi connectivity index (χ2v) is 5.18. The van der Waals surface area contributed by atoms with E-state index in [1.807, 2.05) is 0 Å². The molecule has 4 rings (SSSR count). The van der Waals surface area contributed by atoms with Gasteiger partial charge in [-0.25, -0.2) is 14.6 Å². The van der Waals surface area contributed by atoms with E-state index >= 15 is 0 Å². The minimum Gasteiger partial charge on any atom is -0.345 e. The lowest BCUT2D eigenvalue weighted by molar-refractivity contribution is 0.0949. The molecule has 3 aromatic heterocycles. The van der Waals surface area contributed by atoms with E-state index < -0.39 is 0 Å². The lowest BCUT2D eigenvalue weighted by Crippen LogP contribution is -2.26. The van der Waals surface area contributed by atoms with Gasteiger partial charge in [-0.15, -0.1) is 10.2 Å². The maximum Gasteiger partial charge on any atom is 0.255 e. The maximum absolute atomic E-state index is 12.5. The molecule has 3 aromatic rings. The number of carbonyl (C=O) groups is 1. The molecule has 1 aliphatic rings. The summed E-state index contributed by atoms with van der Waals surface area (Å²) in [5.74, 6) is 1.96. The normalized spacial score (nSPS) is 13.0. The van der Waals surface area contributed by atoms with Gasteiger partial charge in [-0.05, 0) is 18.6 Å². The molecule has 0 saturated carbocycles. The summed E-state index contributed by atoms with van der Waals surface area (Å²) in [4.78, 5) is 20.6. The smallest absolute Gasteiger partial charge is 0.255 e. The highest BCUT2D eigenvalue weighted by Crippen LogP contribution is 2.14. The van der Waals surface area contributed by atoms with Crippen molar-refractivity contribution in [2.45, 2.75) is 25.9 Å². The number of aromatic nitrogens is 7. The Balaban J connectivity index is 1.54. The van der Waals surface area contributed by atoms with E-state index in [0.29, 0.717) is 17.9 Å². The van der Waals surface area contributed by atoms with Crippen LogP contribution in [0.25, 0.3) is 5.82 Å². The highest BCUT2D eigenvalue weighted by atomic mass is 16.1. The first-order valence-electron chi connectivity index (χ1n) is 7.32. The SMILES string of the molecule is O=C(NCc1nnc2n1CCC2)c1cccnc1-n1cncn1. The second-order valence-electron chi connectivity index (χ2n) is 5.18. The molecule has 1 N–H and O–H groups in total. The van der Waals surface area contributed by atoms with Crippen molar-refractivity contribution in [1.82, 2.24) is 39.8 Å². The molecule has 0 unspecified atom stereocenters. The zero-order valence-electron chi connectivity index (χ0n) is 12.3. The Morgan fingerprint density at radius 2 is 2.30 bits per heavy atom. The monoisotopic (exact) mass is 310 g/mol. The largest absolute Gasteiger partial charge is 0.345 e. The van der Waals surface area contributed by atoms with Gasteiger partial charge in [0.25, 0.3) is 5.91 Å². The van der Waals surface area contributed by atoms with Crippen LogP contribution in [0.15, 0.2) is 31.0 Å². The summed E-state index contributed by atoms with van der Waals surface area (Å²) in [6.07, 6.45) is 6.53. The molecular formula is C14H14N8O. The van der Waals surface area contributed by atoms with Crippen LogP contribution in [-0.2, 0) is 19.5 Å². The van der Waals surface area contributed by atoms with Crippen molar-refractivity contribution in [2.75, 3.05) is 0 Å². The number of nitrogens with one attached hydrogen (secondary N) is 1. The van der Waals surface area contributed by atoms with Gasteiger partial charge in [0, 0.05) is 19.2 Å². The van der Waals surface area contributed by atoms with Crippen LogP contribution >= 0.6 is 0 Å². The van der Waals surface area contributed by atoms with Crippen LogP contribution in [0.5, 0.6) is 0 Å². The Hall–Kier alpha value is -3.10. The zero-order chi connectivity index (χ0) is 15.6. The van der Waals surface area contributed by atoms with E-state index in [1.165, 1.54) is 17.3 Å². The predicted octanol–water partition coefficient (Wildman–Crippen LogP) is 0.130. The molecule has 23 heavy (non-hydrogen) atoms. The standard InChI is InChI=1S/C14H14N8O/c23-14(17-7-12-20-19-11-4-2-6-21(11)12)10-3-1-5-16-13(10)22-9-15-8-18-22/h1,3,5,8-9H,2,4,6-7H2,(H,17,23). The minimum absolute atomic E-state index is 0.237. The van der Waals surface area contributed by atoms with Gasteiger partial charge in [0.2, 0.25) is 0 Å². The van der Waals surface area contributed by atoms with Gasteiger partial charge in [-0.1, -0.05) is 0 Å². The maximum atomic E-state index is 12.5. The number of hydrogen-bond donors (Lipinski definition) is 1. The first-order chi connectivity index (χ1) is 11.3. The Bertz CT molecular complexity index is 838. The summed E-state index contributed by atoms with van der Waals surface area (Å²) in [7, 11) is 0. The van der Waals surface area contributed by atoms with Gasteiger partial charge in [0.15, 0.2) is 11.6 Å². The molecule has 0 radical (unpaired) electrons. The van der Waals surface area contributed by atoms with Crippen molar-refractivity contribution in [2.24, 2.45) is 0 Å². The molecule has 0 fully saturated rings. The average Bonchev–Trinajstić information content (AvgIpc) is 3.30. The number of nitrogens with zero attached hydrogens (tertiary/aromatic N) is 7. The van der Waals surface area contributed by atoms with E-state index in [-0.39, 0.29) is 5.91 Å². The van der Waals surface area contributed by atoms with Gasteiger partial charge >= 0.3 is 0 Å². The molecule has 0 spiro atoms. The van der Waals surface area contributed by atoms with Gasteiger partial charge in [0.1, 0.15) is 18.5 Å². The van der Waals surface area contributed by atoms with Gasteiger partial charge in [-0.2, -0.15) is 5.10 Å². The van der Waals surface area contributed by atoms with Gasteiger partial charge in [-0.3, -0.25) is 4.79 Å². The molecule has 0 atom stereocenters. The van der Waals surface area contributed by atoms with Gasteiger partial charge in [0.05, 0.1) is 12.1 Å². The molecule has 1 aliphatic heterocycles. The predicted molar refractivity (Wildman–Crippen MR) is 78.7 cm³/mol. The molecule has 0 aromatic carbocycles. The van der Waals surface area contributed by atoms with E-state index in [9.17, 15) is 4.79 Å².